The lowest BCUT2D eigenvalue weighted by Gasteiger charge is -2.06. The predicted molar refractivity (Wildman–Crippen MR) is 90.4 cm³/mol. The molecule has 2 N–H and O–H groups in total. The highest BCUT2D eigenvalue weighted by Gasteiger charge is 2.13. The molecule has 24 heavy (non-hydrogen) atoms. The monoisotopic (exact) mass is 345 g/mol. The molecule has 0 saturated carbocycles. The zero-order valence-electron chi connectivity index (χ0n) is 13.2. The summed E-state index contributed by atoms with van der Waals surface area (Å²) in [7, 11) is 0. The Bertz CT molecular complexity index is 900. The van der Waals surface area contributed by atoms with Crippen LogP contribution >= 0.6 is 11.6 Å². The number of aromatic hydroxyl groups is 1. The van der Waals surface area contributed by atoms with Gasteiger partial charge in [0.05, 0.1) is 11.4 Å². The summed E-state index contributed by atoms with van der Waals surface area (Å²) >= 11 is 5.87. The molecule has 0 unspecified atom stereocenters. The second-order valence-electron chi connectivity index (χ2n) is 5.42. The number of hydrogen-bond acceptors (Lipinski definition) is 4. The van der Waals surface area contributed by atoms with Gasteiger partial charge in [0, 0.05) is 16.9 Å². The lowest BCUT2D eigenvalue weighted by molar-refractivity contribution is 0.102. The van der Waals surface area contributed by atoms with E-state index < -0.39 is 5.91 Å². The van der Waals surface area contributed by atoms with Gasteiger partial charge in [-0.1, -0.05) is 11.6 Å². The molecule has 0 atom stereocenters. The summed E-state index contributed by atoms with van der Waals surface area (Å²) in [5, 5.41) is 21.3. The molecular weight excluding hydrogens is 330 g/mol. The van der Waals surface area contributed by atoms with Crippen molar-refractivity contribution in [1.82, 2.24) is 19.6 Å². The van der Waals surface area contributed by atoms with Crippen LogP contribution < -0.4 is 5.32 Å². The second kappa shape index (κ2) is 6.37. The molecule has 0 aliphatic rings. The fraction of sp³-hybridized carbons (Fsp3) is 0.188. The van der Waals surface area contributed by atoms with E-state index in [1.54, 1.807) is 21.6 Å². The van der Waals surface area contributed by atoms with Crippen molar-refractivity contribution in [3.8, 4) is 5.75 Å². The fourth-order valence-electron chi connectivity index (χ4n) is 2.31. The van der Waals surface area contributed by atoms with Crippen LogP contribution in [0.2, 0.25) is 5.02 Å². The maximum Gasteiger partial charge on any atom is 0.276 e. The molecule has 124 valence electrons. The minimum absolute atomic E-state index is 0.0603. The molecule has 2 heterocycles. The van der Waals surface area contributed by atoms with Gasteiger partial charge in [-0.05, 0) is 44.2 Å². The van der Waals surface area contributed by atoms with E-state index in [0.717, 1.165) is 11.4 Å². The first-order chi connectivity index (χ1) is 11.4. The van der Waals surface area contributed by atoms with E-state index in [4.69, 9.17) is 11.6 Å². The van der Waals surface area contributed by atoms with E-state index in [2.05, 4.69) is 15.5 Å². The third-order valence-electron chi connectivity index (χ3n) is 3.46. The van der Waals surface area contributed by atoms with Crippen LogP contribution in [-0.2, 0) is 6.67 Å². The number of halogens is 1. The SMILES string of the molecule is Cc1cc(C)n(Cn2ccc(C(=O)Nc3cc(Cl)ccc3O)n2)n1. The molecule has 0 bridgehead atoms. The van der Waals surface area contributed by atoms with Gasteiger partial charge in [0.2, 0.25) is 0 Å². The first-order valence-electron chi connectivity index (χ1n) is 7.27. The summed E-state index contributed by atoms with van der Waals surface area (Å²) in [4.78, 5) is 12.3. The lowest BCUT2D eigenvalue weighted by atomic mass is 10.3. The second-order valence-corrected chi connectivity index (χ2v) is 5.86. The summed E-state index contributed by atoms with van der Waals surface area (Å²) in [6.45, 7) is 4.29. The molecule has 0 radical (unpaired) electrons. The zero-order valence-corrected chi connectivity index (χ0v) is 13.9. The Hall–Kier alpha value is -2.80. The normalized spacial score (nSPS) is 10.8. The molecule has 3 rings (SSSR count). The standard InChI is InChI=1S/C16H16ClN5O2/c1-10-7-11(2)22(19-10)9-21-6-5-13(20-21)16(24)18-14-8-12(17)3-4-15(14)23/h3-8,23H,9H2,1-2H3,(H,18,24). The molecule has 0 saturated heterocycles. The number of hydrogen-bond donors (Lipinski definition) is 2. The molecule has 1 aromatic carbocycles. The molecule has 1 amide bonds. The Morgan fingerprint density at radius 2 is 2.04 bits per heavy atom. The highest BCUT2D eigenvalue weighted by Crippen LogP contribution is 2.26. The van der Waals surface area contributed by atoms with Crippen LogP contribution in [-0.4, -0.2) is 30.6 Å². The van der Waals surface area contributed by atoms with Gasteiger partial charge in [0.25, 0.3) is 5.91 Å². The van der Waals surface area contributed by atoms with Crippen molar-refractivity contribution in [2.45, 2.75) is 20.5 Å². The number of rotatable bonds is 4. The van der Waals surface area contributed by atoms with E-state index in [0.29, 0.717) is 11.7 Å². The third-order valence-corrected chi connectivity index (χ3v) is 3.70. The first-order valence-corrected chi connectivity index (χ1v) is 7.64. The summed E-state index contributed by atoms with van der Waals surface area (Å²) in [5.41, 5.74) is 2.41. The van der Waals surface area contributed by atoms with Crippen molar-refractivity contribution >= 4 is 23.2 Å². The van der Waals surface area contributed by atoms with Gasteiger partial charge in [0.1, 0.15) is 12.4 Å². The number of amides is 1. The van der Waals surface area contributed by atoms with Crippen LogP contribution in [0.25, 0.3) is 0 Å². The number of aryl methyl sites for hydroxylation is 2. The highest BCUT2D eigenvalue weighted by molar-refractivity contribution is 6.31. The van der Waals surface area contributed by atoms with Gasteiger partial charge in [-0.25, -0.2) is 4.68 Å². The average molecular weight is 346 g/mol. The minimum Gasteiger partial charge on any atom is -0.506 e. The Morgan fingerprint density at radius 3 is 2.75 bits per heavy atom. The number of carbonyl (C=O) groups is 1. The molecule has 3 aromatic rings. The van der Waals surface area contributed by atoms with E-state index in [1.807, 2.05) is 19.9 Å². The molecule has 8 heteroatoms. The van der Waals surface area contributed by atoms with Crippen LogP contribution in [0.1, 0.15) is 21.9 Å². The van der Waals surface area contributed by atoms with Gasteiger partial charge < -0.3 is 10.4 Å². The molecule has 2 aromatic heterocycles. The molecule has 7 nitrogen and oxygen atoms in total. The van der Waals surface area contributed by atoms with Crippen molar-refractivity contribution in [2.24, 2.45) is 0 Å². The minimum atomic E-state index is -0.431. The predicted octanol–water partition coefficient (Wildman–Crippen LogP) is 2.81. The average Bonchev–Trinajstić information content (AvgIpc) is 3.10. The van der Waals surface area contributed by atoms with Crippen molar-refractivity contribution < 1.29 is 9.90 Å². The van der Waals surface area contributed by atoms with Crippen LogP contribution in [0.15, 0.2) is 36.5 Å². The molecule has 0 spiro atoms. The van der Waals surface area contributed by atoms with Crippen LogP contribution in [0, 0.1) is 13.8 Å². The summed E-state index contributed by atoms with van der Waals surface area (Å²) in [5.74, 6) is -0.491. The number of carbonyl (C=O) groups excluding carboxylic acids is 1. The number of phenols is 1. The third kappa shape index (κ3) is 3.41. The van der Waals surface area contributed by atoms with Gasteiger partial charge in [-0.2, -0.15) is 10.2 Å². The zero-order chi connectivity index (χ0) is 17.3. The Kier molecular flexibility index (Phi) is 4.26. The van der Waals surface area contributed by atoms with Crippen LogP contribution in [0.4, 0.5) is 5.69 Å². The number of aromatic nitrogens is 4. The number of benzene rings is 1. The Labute approximate surface area is 143 Å². The summed E-state index contributed by atoms with van der Waals surface area (Å²) in [6, 6.07) is 8.00. The highest BCUT2D eigenvalue weighted by atomic mass is 35.5. The van der Waals surface area contributed by atoms with E-state index in [-0.39, 0.29) is 17.1 Å². The number of nitrogens with zero attached hydrogens (tertiary/aromatic N) is 4. The van der Waals surface area contributed by atoms with Crippen molar-refractivity contribution in [2.75, 3.05) is 5.32 Å². The van der Waals surface area contributed by atoms with Crippen molar-refractivity contribution in [3.63, 3.8) is 0 Å². The van der Waals surface area contributed by atoms with Gasteiger partial charge in [-0.15, -0.1) is 0 Å². The van der Waals surface area contributed by atoms with E-state index >= 15 is 0 Å². The van der Waals surface area contributed by atoms with E-state index in [1.165, 1.54) is 18.2 Å². The first kappa shape index (κ1) is 16.1. The van der Waals surface area contributed by atoms with Crippen LogP contribution in [0.5, 0.6) is 5.75 Å². The molecular formula is C16H16ClN5O2. The Balaban J connectivity index is 1.74. The maximum atomic E-state index is 12.3. The number of phenolic OH excluding ortho intramolecular Hbond substituents is 1. The van der Waals surface area contributed by atoms with Gasteiger partial charge >= 0.3 is 0 Å². The largest absolute Gasteiger partial charge is 0.506 e. The van der Waals surface area contributed by atoms with Crippen molar-refractivity contribution in [1.29, 1.82) is 0 Å². The fourth-order valence-corrected chi connectivity index (χ4v) is 2.48. The summed E-state index contributed by atoms with van der Waals surface area (Å²) in [6.07, 6.45) is 1.70. The molecule has 0 aliphatic heterocycles. The molecule has 0 aliphatic carbocycles. The topological polar surface area (TPSA) is 85.0 Å². The number of anilines is 1. The maximum absolute atomic E-state index is 12.3. The number of nitrogens with one attached hydrogen (secondary N) is 1. The van der Waals surface area contributed by atoms with Crippen LogP contribution in [0.3, 0.4) is 0 Å². The molecule has 0 fully saturated rings. The Morgan fingerprint density at radius 1 is 1.25 bits per heavy atom. The quantitative estimate of drug-likeness (QED) is 0.712. The summed E-state index contributed by atoms with van der Waals surface area (Å²) < 4.78 is 3.42. The van der Waals surface area contributed by atoms with Gasteiger partial charge in [-0.3, -0.25) is 9.48 Å². The van der Waals surface area contributed by atoms with E-state index in [9.17, 15) is 9.90 Å². The van der Waals surface area contributed by atoms with Crippen molar-refractivity contribution in [3.05, 3.63) is 58.6 Å². The van der Waals surface area contributed by atoms with Gasteiger partial charge in [0.15, 0.2) is 5.69 Å². The smallest absolute Gasteiger partial charge is 0.276 e. The lowest BCUT2D eigenvalue weighted by Crippen LogP contribution is -2.15.